The van der Waals surface area contributed by atoms with E-state index in [9.17, 15) is 18.7 Å². The molecule has 0 aliphatic carbocycles. The maximum atomic E-state index is 13.9. The monoisotopic (exact) mass is 473 g/mol. The molecule has 0 spiro atoms. The number of amides is 1. The molecule has 9 heteroatoms. The third-order valence-corrected chi connectivity index (χ3v) is 6.53. The number of halogens is 2. The predicted octanol–water partition coefficient (Wildman–Crippen LogP) is 3.85. The predicted molar refractivity (Wildman–Crippen MR) is 122 cm³/mol. The van der Waals surface area contributed by atoms with E-state index in [4.69, 9.17) is 4.74 Å². The number of anilines is 1. The van der Waals surface area contributed by atoms with Crippen molar-refractivity contribution in [1.29, 1.82) is 0 Å². The van der Waals surface area contributed by atoms with Crippen LogP contribution in [0.1, 0.15) is 23.8 Å². The second-order valence-electron chi connectivity index (χ2n) is 8.35. The third-order valence-electron chi connectivity index (χ3n) is 5.62. The van der Waals surface area contributed by atoms with Crippen LogP contribution in [0.4, 0.5) is 13.9 Å². The molecule has 3 aromatic rings. The Labute approximate surface area is 194 Å². The topological polar surface area (TPSA) is 74.7 Å². The number of likely N-dealkylation sites (tertiary alicyclic amines) is 1. The summed E-state index contributed by atoms with van der Waals surface area (Å²) in [6, 6.07) is 12.3. The Kier molecular flexibility index (Phi) is 7.02. The van der Waals surface area contributed by atoms with E-state index in [1.54, 1.807) is 43.5 Å². The van der Waals surface area contributed by atoms with Gasteiger partial charge in [-0.3, -0.25) is 9.69 Å². The molecule has 2 heterocycles. The Balaban J connectivity index is 1.33. The van der Waals surface area contributed by atoms with Crippen LogP contribution in [0.3, 0.4) is 0 Å². The lowest BCUT2D eigenvalue weighted by Crippen LogP contribution is -2.57. The summed E-state index contributed by atoms with van der Waals surface area (Å²) >= 11 is 1.30. The van der Waals surface area contributed by atoms with Gasteiger partial charge in [0, 0.05) is 36.7 Å². The van der Waals surface area contributed by atoms with E-state index in [1.165, 1.54) is 29.5 Å². The van der Waals surface area contributed by atoms with E-state index >= 15 is 0 Å². The number of thiazole rings is 1. The van der Waals surface area contributed by atoms with E-state index in [-0.39, 0.29) is 18.3 Å². The van der Waals surface area contributed by atoms with Crippen molar-refractivity contribution in [2.75, 3.05) is 25.0 Å². The molecule has 33 heavy (non-hydrogen) atoms. The van der Waals surface area contributed by atoms with Crippen molar-refractivity contribution in [3.05, 3.63) is 76.8 Å². The number of nitrogens with one attached hydrogen (secondary N) is 1. The minimum absolute atomic E-state index is 0.0985. The molecule has 1 aliphatic rings. The average molecular weight is 474 g/mol. The number of carbonyl (C=O) groups is 1. The Bertz CT molecular complexity index is 1120. The zero-order chi connectivity index (χ0) is 23.4. The molecule has 0 unspecified atom stereocenters. The molecule has 2 aromatic carbocycles. The van der Waals surface area contributed by atoms with Crippen molar-refractivity contribution in [2.45, 2.75) is 31.5 Å². The molecule has 0 bridgehead atoms. The average Bonchev–Trinajstić information content (AvgIpc) is 3.19. The molecular weight excluding hydrogens is 448 g/mol. The van der Waals surface area contributed by atoms with Gasteiger partial charge in [0.1, 0.15) is 29.1 Å². The fourth-order valence-electron chi connectivity index (χ4n) is 3.72. The fraction of sp³-hybridized carbons (Fsp3) is 0.333. The Hall–Kier alpha value is -2.88. The molecule has 1 amide bonds. The number of aliphatic hydroxyl groups is 1. The van der Waals surface area contributed by atoms with Crippen LogP contribution in [0, 0.1) is 11.6 Å². The number of aromatic nitrogens is 1. The number of ether oxygens (including phenoxy) is 1. The summed E-state index contributed by atoms with van der Waals surface area (Å²) in [6.07, 6.45) is 1.83. The molecule has 1 aliphatic heterocycles. The van der Waals surface area contributed by atoms with Crippen LogP contribution in [-0.2, 0) is 11.2 Å². The SMILES string of the molecule is C[C@]1(O)CCN(CC(=O)Nc2ncc(Cc3ccccc3F)s2)C[C@@H]1Oc1cccc(F)c1. The van der Waals surface area contributed by atoms with Crippen LogP contribution in [0.15, 0.2) is 54.7 Å². The number of benzene rings is 2. The van der Waals surface area contributed by atoms with Crippen molar-refractivity contribution in [1.82, 2.24) is 9.88 Å². The minimum atomic E-state index is -1.10. The van der Waals surface area contributed by atoms with Gasteiger partial charge in [-0.15, -0.1) is 11.3 Å². The first-order valence-electron chi connectivity index (χ1n) is 10.6. The lowest BCUT2D eigenvalue weighted by Gasteiger charge is -2.42. The van der Waals surface area contributed by atoms with Crippen LogP contribution in [-0.4, -0.2) is 52.2 Å². The van der Waals surface area contributed by atoms with Crippen molar-refractivity contribution in [3.8, 4) is 5.75 Å². The second-order valence-corrected chi connectivity index (χ2v) is 9.47. The van der Waals surface area contributed by atoms with Crippen LogP contribution in [0.5, 0.6) is 5.75 Å². The van der Waals surface area contributed by atoms with E-state index in [1.807, 2.05) is 4.90 Å². The summed E-state index contributed by atoms with van der Waals surface area (Å²) in [5.41, 5.74) is -0.528. The molecule has 0 radical (unpaired) electrons. The van der Waals surface area contributed by atoms with Gasteiger partial charge in [0.05, 0.1) is 6.54 Å². The maximum Gasteiger partial charge on any atom is 0.240 e. The number of rotatable bonds is 7. The summed E-state index contributed by atoms with van der Waals surface area (Å²) in [7, 11) is 0. The zero-order valence-electron chi connectivity index (χ0n) is 18.1. The summed E-state index contributed by atoms with van der Waals surface area (Å²) in [5.74, 6) is -0.603. The number of hydrogen-bond donors (Lipinski definition) is 2. The van der Waals surface area contributed by atoms with E-state index in [2.05, 4.69) is 10.3 Å². The first-order valence-corrected chi connectivity index (χ1v) is 11.4. The standard InChI is InChI=1S/C24H25F2N3O3S/c1-24(31)9-10-29(14-21(24)32-18-7-4-6-17(25)12-18)15-22(30)28-23-27-13-19(33-23)11-16-5-2-3-8-20(16)26/h2-8,12-13,21,31H,9-11,14-15H2,1H3,(H,27,28,30)/t21-,24-/m0/s1. The highest BCUT2D eigenvalue weighted by atomic mass is 32.1. The highest BCUT2D eigenvalue weighted by Gasteiger charge is 2.40. The number of nitrogens with zero attached hydrogens (tertiary/aromatic N) is 2. The maximum absolute atomic E-state index is 13.9. The molecule has 4 rings (SSSR count). The van der Waals surface area contributed by atoms with E-state index in [0.717, 1.165) is 4.88 Å². The van der Waals surface area contributed by atoms with Crippen molar-refractivity contribution in [2.24, 2.45) is 0 Å². The number of hydrogen-bond acceptors (Lipinski definition) is 6. The van der Waals surface area contributed by atoms with E-state index in [0.29, 0.717) is 42.4 Å². The van der Waals surface area contributed by atoms with Crippen molar-refractivity contribution in [3.63, 3.8) is 0 Å². The third kappa shape index (κ3) is 6.13. The minimum Gasteiger partial charge on any atom is -0.486 e. The lowest BCUT2D eigenvalue weighted by atomic mass is 9.90. The molecule has 174 valence electrons. The summed E-state index contributed by atoms with van der Waals surface area (Å²) in [5, 5.41) is 13.9. The van der Waals surface area contributed by atoms with Crippen molar-refractivity contribution < 1.29 is 23.4 Å². The molecule has 1 saturated heterocycles. The van der Waals surface area contributed by atoms with Crippen molar-refractivity contribution >= 4 is 22.4 Å². The Morgan fingerprint density at radius 3 is 2.91 bits per heavy atom. The van der Waals surface area contributed by atoms with Gasteiger partial charge in [0.25, 0.3) is 0 Å². The molecule has 1 fully saturated rings. The quantitative estimate of drug-likeness (QED) is 0.545. The molecular formula is C24H25F2N3O3S. The first kappa shape index (κ1) is 23.3. The summed E-state index contributed by atoms with van der Waals surface area (Å²) in [4.78, 5) is 19.5. The molecule has 2 atom stereocenters. The Morgan fingerprint density at radius 2 is 2.12 bits per heavy atom. The normalized spacial score (nSPS) is 21.0. The Morgan fingerprint density at radius 1 is 1.30 bits per heavy atom. The molecule has 2 N–H and O–H groups in total. The van der Waals surface area contributed by atoms with Crippen LogP contribution >= 0.6 is 11.3 Å². The summed E-state index contributed by atoms with van der Waals surface area (Å²) < 4.78 is 33.2. The van der Waals surface area contributed by atoms with Gasteiger partial charge in [-0.1, -0.05) is 24.3 Å². The van der Waals surface area contributed by atoms with Gasteiger partial charge in [0.2, 0.25) is 5.91 Å². The molecule has 1 aromatic heterocycles. The van der Waals surface area contributed by atoms with Crippen LogP contribution in [0.2, 0.25) is 0 Å². The zero-order valence-corrected chi connectivity index (χ0v) is 18.9. The van der Waals surface area contributed by atoms with Gasteiger partial charge in [0.15, 0.2) is 5.13 Å². The van der Waals surface area contributed by atoms with E-state index < -0.39 is 17.5 Å². The van der Waals surface area contributed by atoms with Gasteiger partial charge in [-0.2, -0.15) is 0 Å². The number of carbonyl (C=O) groups excluding carboxylic acids is 1. The van der Waals surface area contributed by atoms with Gasteiger partial charge < -0.3 is 15.2 Å². The highest BCUT2D eigenvalue weighted by Crippen LogP contribution is 2.27. The summed E-state index contributed by atoms with van der Waals surface area (Å²) in [6.45, 7) is 2.61. The van der Waals surface area contributed by atoms with Gasteiger partial charge >= 0.3 is 0 Å². The van der Waals surface area contributed by atoms with Crippen LogP contribution < -0.4 is 10.1 Å². The highest BCUT2D eigenvalue weighted by molar-refractivity contribution is 7.15. The number of piperidine rings is 1. The van der Waals surface area contributed by atoms with Crippen LogP contribution in [0.25, 0.3) is 0 Å². The fourth-order valence-corrected chi connectivity index (χ4v) is 4.57. The molecule has 6 nitrogen and oxygen atoms in total. The largest absolute Gasteiger partial charge is 0.486 e. The van der Waals surface area contributed by atoms with Gasteiger partial charge in [-0.25, -0.2) is 13.8 Å². The lowest BCUT2D eigenvalue weighted by molar-refractivity contribution is -0.122. The smallest absolute Gasteiger partial charge is 0.240 e. The van der Waals surface area contributed by atoms with Gasteiger partial charge in [-0.05, 0) is 37.1 Å². The first-order chi connectivity index (χ1) is 15.8. The second kappa shape index (κ2) is 9.94. The molecule has 0 saturated carbocycles.